The van der Waals surface area contributed by atoms with Gasteiger partial charge in [0.15, 0.2) is 0 Å². The molecule has 1 aromatic rings. The van der Waals surface area contributed by atoms with Crippen LogP contribution in [0.5, 0.6) is 0 Å². The number of nitrogens with one attached hydrogen (secondary N) is 1. The molecule has 2 saturated heterocycles. The minimum Gasteiger partial charge on any atom is -0.352 e. The summed E-state index contributed by atoms with van der Waals surface area (Å²) >= 11 is 0. The van der Waals surface area contributed by atoms with Gasteiger partial charge in [-0.2, -0.15) is 0 Å². The number of benzene rings is 1. The third-order valence-electron chi connectivity index (χ3n) is 9.78. The number of amides is 3. The molecule has 6 nitrogen and oxygen atoms in total. The summed E-state index contributed by atoms with van der Waals surface area (Å²) in [5.41, 5.74) is 0.917. The van der Waals surface area contributed by atoms with Crippen LogP contribution in [0.3, 0.4) is 0 Å². The normalized spacial score (nSPS) is 34.3. The molecule has 188 valence electrons. The Labute approximate surface area is 208 Å². The van der Waals surface area contributed by atoms with Crippen molar-refractivity contribution in [1.29, 1.82) is 0 Å². The van der Waals surface area contributed by atoms with Crippen LogP contribution in [-0.2, 0) is 20.9 Å². The van der Waals surface area contributed by atoms with Crippen molar-refractivity contribution < 1.29 is 14.4 Å². The standard InChI is InChI=1S/C29H39N3O3/c33-26(30-19-20-5-2-1-3-6-20)24-8-11-31(12-9-24)27(34)25-7-4-10-32(25)28(35)29-16-21-13-22(17-29)15-23(14-21)18-29/h1-3,5-6,21-25H,4,7-19H2,(H,30,33). The number of carbonyl (C=O) groups is 3. The molecule has 35 heavy (non-hydrogen) atoms. The molecular weight excluding hydrogens is 438 g/mol. The minimum atomic E-state index is -0.293. The van der Waals surface area contributed by atoms with E-state index in [0.29, 0.717) is 38.4 Å². The molecule has 4 saturated carbocycles. The number of rotatable bonds is 5. The van der Waals surface area contributed by atoms with Crippen molar-refractivity contribution in [2.75, 3.05) is 19.6 Å². The smallest absolute Gasteiger partial charge is 0.245 e. The maximum absolute atomic E-state index is 13.9. The Morgan fingerprint density at radius 2 is 1.49 bits per heavy atom. The lowest BCUT2D eigenvalue weighted by Crippen LogP contribution is -2.58. The molecule has 1 unspecified atom stereocenters. The highest BCUT2D eigenvalue weighted by atomic mass is 16.2. The van der Waals surface area contributed by atoms with Gasteiger partial charge in [0.05, 0.1) is 5.41 Å². The van der Waals surface area contributed by atoms with Crippen LogP contribution >= 0.6 is 0 Å². The van der Waals surface area contributed by atoms with Crippen LogP contribution in [0.2, 0.25) is 0 Å². The summed E-state index contributed by atoms with van der Waals surface area (Å²) in [5.74, 6) is 2.64. The Hall–Kier alpha value is -2.37. The Morgan fingerprint density at radius 3 is 2.11 bits per heavy atom. The molecule has 4 aliphatic carbocycles. The van der Waals surface area contributed by atoms with Crippen LogP contribution in [0.1, 0.15) is 69.8 Å². The van der Waals surface area contributed by atoms with E-state index in [1.54, 1.807) is 0 Å². The first kappa shape index (κ1) is 23.1. The Kier molecular flexibility index (Phi) is 6.10. The molecule has 6 fully saturated rings. The van der Waals surface area contributed by atoms with Gasteiger partial charge in [-0.3, -0.25) is 14.4 Å². The maximum Gasteiger partial charge on any atom is 0.245 e. The van der Waals surface area contributed by atoms with Crippen LogP contribution in [0, 0.1) is 29.1 Å². The van der Waals surface area contributed by atoms with Crippen molar-refractivity contribution >= 4 is 17.7 Å². The molecule has 7 rings (SSSR count). The van der Waals surface area contributed by atoms with Gasteiger partial charge in [-0.15, -0.1) is 0 Å². The average molecular weight is 478 g/mol. The van der Waals surface area contributed by atoms with E-state index in [1.165, 1.54) is 19.3 Å². The van der Waals surface area contributed by atoms with Gasteiger partial charge < -0.3 is 15.1 Å². The summed E-state index contributed by atoms with van der Waals surface area (Å²) < 4.78 is 0. The van der Waals surface area contributed by atoms with Gasteiger partial charge in [-0.05, 0) is 87.5 Å². The molecule has 2 heterocycles. The Balaban J connectivity index is 1.04. The lowest BCUT2D eigenvalue weighted by molar-refractivity contribution is -0.162. The Morgan fingerprint density at radius 1 is 0.857 bits per heavy atom. The SMILES string of the molecule is O=C(NCc1ccccc1)C1CCN(C(=O)C2CCCN2C(=O)C23CC4CC(CC(C4)C2)C3)CC1. The second-order valence-corrected chi connectivity index (χ2v) is 12.2. The molecule has 0 radical (unpaired) electrons. The van der Waals surface area contributed by atoms with Crippen molar-refractivity contribution in [3.05, 3.63) is 35.9 Å². The number of piperidine rings is 1. The second-order valence-electron chi connectivity index (χ2n) is 12.2. The van der Waals surface area contributed by atoms with Gasteiger partial charge in [0.2, 0.25) is 17.7 Å². The zero-order chi connectivity index (χ0) is 24.0. The third kappa shape index (κ3) is 4.38. The van der Waals surface area contributed by atoms with Crippen molar-refractivity contribution in [1.82, 2.24) is 15.1 Å². The first-order chi connectivity index (χ1) is 17.0. The van der Waals surface area contributed by atoms with Gasteiger partial charge in [-0.25, -0.2) is 0 Å². The lowest BCUT2D eigenvalue weighted by atomic mass is 9.49. The quantitative estimate of drug-likeness (QED) is 0.702. The molecule has 3 amide bonds. The topological polar surface area (TPSA) is 69.7 Å². The van der Waals surface area contributed by atoms with Crippen LogP contribution < -0.4 is 5.32 Å². The van der Waals surface area contributed by atoms with E-state index in [0.717, 1.165) is 62.0 Å². The van der Waals surface area contributed by atoms with E-state index in [2.05, 4.69) is 5.32 Å². The summed E-state index contributed by atoms with van der Waals surface area (Å²) in [4.78, 5) is 44.1. The second kappa shape index (κ2) is 9.25. The van der Waals surface area contributed by atoms with Crippen LogP contribution in [0.25, 0.3) is 0 Å². The van der Waals surface area contributed by atoms with Crippen LogP contribution in [0.15, 0.2) is 30.3 Å². The van der Waals surface area contributed by atoms with Gasteiger partial charge in [-0.1, -0.05) is 30.3 Å². The largest absolute Gasteiger partial charge is 0.352 e. The number of carbonyl (C=O) groups excluding carboxylic acids is 3. The predicted octanol–water partition coefficient (Wildman–Crippen LogP) is 3.75. The summed E-state index contributed by atoms with van der Waals surface area (Å²) in [6.45, 7) is 2.49. The molecule has 0 aromatic heterocycles. The molecule has 0 spiro atoms. The number of likely N-dealkylation sites (tertiary alicyclic amines) is 2. The highest BCUT2D eigenvalue weighted by molar-refractivity contribution is 5.91. The molecule has 1 atom stereocenters. The average Bonchev–Trinajstić information content (AvgIpc) is 3.36. The molecule has 6 aliphatic rings. The Bertz CT molecular complexity index is 933. The molecular formula is C29H39N3O3. The van der Waals surface area contributed by atoms with E-state index in [4.69, 9.17) is 0 Å². The zero-order valence-corrected chi connectivity index (χ0v) is 20.8. The van der Waals surface area contributed by atoms with E-state index in [9.17, 15) is 14.4 Å². The fourth-order valence-electron chi connectivity index (χ4n) is 8.45. The van der Waals surface area contributed by atoms with Gasteiger partial charge in [0.25, 0.3) is 0 Å². The molecule has 1 aromatic carbocycles. The maximum atomic E-state index is 13.9. The van der Waals surface area contributed by atoms with Crippen LogP contribution in [0.4, 0.5) is 0 Å². The van der Waals surface area contributed by atoms with Crippen molar-refractivity contribution in [3.8, 4) is 0 Å². The molecule has 4 bridgehead atoms. The summed E-state index contributed by atoms with van der Waals surface area (Å²) in [7, 11) is 0. The highest BCUT2D eigenvalue weighted by Gasteiger charge is 2.57. The first-order valence-corrected chi connectivity index (χ1v) is 13.9. The number of nitrogens with zero attached hydrogens (tertiary/aromatic N) is 2. The number of hydrogen-bond donors (Lipinski definition) is 1. The fourth-order valence-corrected chi connectivity index (χ4v) is 8.45. The van der Waals surface area contributed by atoms with E-state index in [1.807, 2.05) is 40.1 Å². The van der Waals surface area contributed by atoms with Gasteiger partial charge in [0, 0.05) is 32.1 Å². The fraction of sp³-hybridized carbons (Fsp3) is 0.690. The van der Waals surface area contributed by atoms with Crippen LogP contribution in [-0.4, -0.2) is 53.2 Å². The van der Waals surface area contributed by atoms with E-state index < -0.39 is 0 Å². The molecule has 2 aliphatic heterocycles. The van der Waals surface area contributed by atoms with Crippen molar-refractivity contribution in [2.45, 2.75) is 76.8 Å². The molecule has 1 N–H and O–H groups in total. The predicted molar refractivity (Wildman–Crippen MR) is 133 cm³/mol. The van der Waals surface area contributed by atoms with E-state index >= 15 is 0 Å². The van der Waals surface area contributed by atoms with E-state index in [-0.39, 0.29) is 29.2 Å². The van der Waals surface area contributed by atoms with Crippen molar-refractivity contribution in [3.63, 3.8) is 0 Å². The van der Waals surface area contributed by atoms with Gasteiger partial charge >= 0.3 is 0 Å². The monoisotopic (exact) mass is 477 g/mol. The zero-order valence-electron chi connectivity index (χ0n) is 20.8. The number of hydrogen-bond acceptors (Lipinski definition) is 3. The molecule has 6 heteroatoms. The minimum absolute atomic E-state index is 0.0453. The summed E-state index contributed by atoms with van der Waals surface area (Å²) in [5, 5.41) is 3.06. The highest BCUT2D eigenvalue weighted by Crippen LogP contribution is 2.60. The van der Waals surface area contributed by atoms with Crippen molar-refractivity contribution in [2.24, 2.45) is 29.1 Å². The lowest BCUT2D eigenvalue weighted by Gasteiger charge is -2.56. The first-order valence-electron chi connectivity index (χ1n) is 13.9. The third-order valence-corrected chi connectivity index (χ3v) is 9.78. The summed E-state index contributed by atoms with van der Waals surface area (Å²) in [6.07, 6.45) is 10.2. The van der Waals surface area contributed by atoms with Gasteiger partial charge in [0.1, 0.15) is 6.04 Å². The summed E-state index contributed by atoms with van der Waals surface area (Å²) in [6, 6.07) is 9.66.